The first kappa shape index (κ1) is 28.6. The predicted octanol–water partition coefficient (Wildman–Crippen LogP) is 1.61. The highest BCUT2D eigenvalue weighted by molar-refractivity contribution is 7.92. The van der Waals surface area contributed by atoms with Crippen molar-refractivity contribution in [2.45, 2.75) is 24.6 Å². The lowest BCUT2D eigenvalue weighted by Gasteiger charge is -2.26. The van der Waals surface area contributed by atoms with Crippen molar-refractivity contribution in [1.29, 1.82) is 0 Å². The number of ether oxygens (including phenoxy) is 2. The van der Waals surface area contributed by atoms with Crippen molar-refractivity contribution in [3.63, 3.8) is 0 Å². The minimum absolute atomic E-state index is 0.137. The number of nitrogens with zero attached hydrogens (tertiary/aromatic N) is 3. The Morgan fingerprint density at radius 3 is 2.62 bits per heavy atom. The molecule has 0 spiro atoms. The van der Waals surface area contributed by atoms with E-state index < -0.39 is 31.9 Å². The summed E-state index contributed by atoms with van der Waals surface area (Å²) >= 11 is 0. The van der Waals surface area contributed by atoms with Crippen LogP contribution in [0.15, 0.2) is 47.5 Å². The molecule has 1 fully saturated rings. The Morgan fingerprint density at radius 2 is 1.95 bits per heavy atom. The van der Waals surface area contributed by atoms with Gasteiger partial charge in [-0.05, 0) is 43.2 Å². The second-order valence-electron chi connectivity index (χ2n) is 9.61. The number of rotatable bonds is 10. The first-order valence-corrected chi connectivity index (χ1v) is 14.3. The first-order chi connectivity index (χ1) is 18.5. The number of aromatic nitrogens is 2. The molecule has 0 bridgehead atoms. The number of benzene rings is 2. The smallest absolute Gasteiger partial charge is 0.264 e. The number of hydroxylamine groups is 1. The van der Waals surface area contributed by atoms with Gasteiger partial charge < -0.3 is 9.47 Å². The molecule has 1 aliphatic heterocycles. The number of morpholine rings is 1. The third-order valence-corrected chi connectivity index (χ3v) is 9.11. The number of amides is 1. The lowest BCUT2D eigenvalue weighted by atomic mass is 10.0. The second-order valence-corrected chi connectivity index (χ2v) is 12.1. The third-order valence-electron chi connectivity index (χ3n) is 7.09. The Morgan fingerprint density at radius 1 is 1.21 bits per heavy atom. The summed E-state index contributed by atoms with van der Waals surface area (Å²) in [5.74, 6) is -1.15. The van der Waals surface area contributed by atoms with Crippen molar-refractivity contribution < 1.29 is 32.3 Å². The molecule has 13 heteroatoms. The van der Waals surface area contributed by atoms with Gasteiger partial charge in [0.05, 0.1) is 30.4 Å². The Kier molecular flexibility index (Phi) is 8.64. The molecule has 0 aliphatic carbocycles. The number of hydrogen-bond acceptors (Lipinski definition) is 9. The minimum Gasteiger partial charge on any atom is -0.492 e. The van der Waals surface area contributed by atoms with Crippen molar-refractivity contribution >= 4 is 26.6 Å². The number of hydrogen-bond donors (Lipinski definition) is 2. The van der Waals surface area contributed by atoms with Crippen molar-refractivity contribution in [2.24, 2.45) is 0 Å². The van der Waals surface area contributed by atoms with Gasteiger partial charge in [0.25, 0.3) is 11.5 Å². The molecule has 210 valence electrons. The molecule has 3 aromatic rings. The number of nitrogens with one attached hydrogen (secondary N) is 1. The number of aryl methyl sites for hydroxylation is 1. The fraction of sp³-hybridized carbons (Fsp3) is 0.423. The van der Waals surface area contributed by atoms with Crippen LogP contribution in [0.5, 0.6) is 5.75 Å². The number of carbonyl (C=O) groups is 1. The Labute approximate surface area is 225 Å². The summed E-state index contributed by atoms with van der Waals surface area (Å²) in [5.41, 5.74) is 2.11. The van der Waals surface area contributed by atoms with E-state index in [2.05, 4.69) is 9.88 Å². The minimum atomic E-state index is -3.91. The number of halogens is 1. The lowest BCUT2D eigenvalue weighted by molar-refractivity contribution is -0.131. The molecule has 1 atom stereocenters. The van der Waals surface area contributed by atoms with E-state index in [-0.39, 0.29) is 18.4 Å². The van der Waals surface area contributed by atoms with Gasteiger partial charge in [-0.1, -0.05) is 6.07 Å². The first-order valence-electron chi connectivity index (χ1n) is 12.4. The second kappa shape index (κ2) is 11.8. The Balaban J connectivity index is 1.49. The molecule has 4 rings (SSSR count). The molecule has 1 aliphatic rings. The lowest BCUT2D eigenvalue weighted by Crippen LogP contribution is -2.50. The van der Waals surface area contributed by atoms with Gasteiger partial charge >= 0.3 is 0 Å². The molecule has 1 saturated heterocycles. The molecule has 0 saturated carbocycles. The maximum atomic E-state index is 15.0. The van der Waals surface area contributed by atoms with Crippen LogP contribution in [0, 0.1) is 5.82 Å². The van der Waals surface area contributed by atoms with E-state index in [1.807, 2.05) is 0 Å². The molecule has 2 heterocycles. The van der Waals surface area contributed by atoms with Crippen LogP contribution < -0.4 is 15.8 Å². The number of sulfone groups is 1. The van der Waals surface area contributed by atoms with Gasteiger partial charge in [0.15, 0.2) is 14.6 Å². The van der Waals surface area contributed by atoms with Crippen LogP contribution >= 0.6 is 0 Å². The summed E-state index contributed by atoms with van der Waals surface area (Å²) in [6, 6.07) is 9.35. The van der Waals surface area contributed by atoms with E-state index in [1.165, 1.54) is 35.4 Å². The van der Waals surface area contributed by atoms with E-state index >= 15 is 0 Å². The normalized spacial score (nSPS) is 16.1. The van der Waals surface area contributed by atoms with Gasteiger partial charge in [-0.25, -0.2) is 23.3 Å². The van der Waals surface area contributed by atoms with Gasteiger partial charge in [0.1, 0.15) is 18.2 Å². The molecule has 1 amide bonds. The van der Waals surface area contributed by atoms with Crippen LogP contribution in [0.2, 0.25) is 0 Å². The van der Waals surface area contributed by atoms with E-state index in [4.69, 9.17) is 14.7 Å². The number of carbonyl (C=O) groups excluding carboxylic acids is 1. The Bertz CT molecular complexity index is 1520. The monoisotopic (exact) mass is 562 g/mol. The maximum Gasteiger partial charge on any atom is 0.264 e. The fourth-order valence-corrected chi connectivity index (χ4v) is 5.19. The summed E-state index contributed by atoms with van der Waals surface area (Å²) in [7, 11) is -3.91. The summed E-state index contributed by atoms with van der Waals surface area (Å²) in [4.78, 5) is 31.6. The van der Waals surface area contributed by atoms with Crippen LogP contribution in [-0.4, -0.2) is 84.4 Å². The molecule has 39 heavy (non-hydrogen) atoms. The van der Waals surface area contributed by atoms with Crippen LogP contribution in [0.25, 0.3) is 22.0 Å². The van der Waals surface area contributed by atoms with Crippen molar-refractivity contribution in [2.75, 3.05) is 45.7 Å². The van der Waals surface area contributed by atoms with Crippen molar-refractivity contribution in [3.05, 3.63) is 58.9 Å². The molecule has 0 radical (unpaired) electrons. The third kappa shape index (κ3) is 6.27. The fourth-order valence-electron chi connectivity index (χ4n) is 4.34. The number of fused-ring (bicyclic) bond motifs is 1. The predicted molar refractivity (Wildman–Crippen MR) is 142 cm³/mol. The topological polar surface area (TPSA) is 140 Å². The van der Waals surface area contributed by atoms with E-state index in [0.717, 1.165) is 25.9 Å². The maximum absolute atomic E-state index is 15.0. The van der Waals surface area contributed by atoms with E-state index in [0.29, 0.717) is 42.2 Å². The quantitative estimate of drug-likeness (QED) is 0.279. The average Bonchev–Trinajstić information content (AvgIpc) is 2.92. The summed E-state index contributed by atoms with van der Waals surface area (Å²) < 4.78 is 49.6. The van der Waals surface area contributed by atoms with Crippen LogP contribution in [0.1, 0.15) is 13.3 Å². The molecule has 1 aromatic heterocycles. The zero-order valence-electron chi connectivity index (χ0n) is 21.7. The summed E-state index contributed by atoms with van der Waals surface area (Å²) in [6.07, 6.45) is 1.86. The van der Waals surface area contributed by atoms with Crippen molar-refractivity contribution in [1.82, 2.24) is 19.9 Å². The Hall–Kier alpha value is -3.39. The van der Waals surface area contributed by atoms with E-state index in [9.17, 15) is 22.4 Å². The van der Waals surface area contributed by atoms with Crippen LogP contribution in [0.4, 0.5) is 4.39 Å². The zero-order valence-corrected chi connectivity index (χ0v) is 22.5. The van der Waals surface area contributed by atoms with E-state index in [1.54, 1.807) is 24.3 Å². The highest BCUT2D eigenvalue weighted by Crippen LogP contribution is 2.28. The molecule has 2 N–H and O–H groups in total. The average molecular weight is 563 g/mol. The van der Waals surface area contributed by atoms with Gasteiger partial charge in [-0.15, -0.1) is 0 Å². The van der Waals surface area contributed by atoms with Gasteiger partial charge in [0, 0.05) is 44.1 Å². The SMILES string of the molecule is C[C@@](CCn1cnc2cc(-c3ccc(OCCN4CCOCC4)cc3F)ccc2c1=O)(C(=O)NO)S(C)(=O)=O. The van der Waals surface area contributed by atoms with Gasteiger partial charge in [-0.3, -0.25) is 24.3 Å². The molecular weight excluding hydrogens is 531 g/mol. The van der Waals surface area contributed by atoms with Crippen LogP contribution in [0.3, 0.4) is 0 Å². The summed E-state index contributed by atoms with van der Waals surface area (Å²) in [6.45, 7) is 5.28. The zero-order chi connectivity index (χ0) is 28.2. The molecule has 0 unspecified atom stereocenters. The molecule has 11 nitrogen and oxygen atoms in total. The molecular formula is C26H31FN4O7S. The standard InChI is InChI=1S/C26H31FN4O7S/c1-26(25(33)29-34,39(2,35)36)7-8-31-17-28-23-15-18(3-5-21(23)24(31)32)20-6-4-19(16-22(20)27)38-14-11-30-9-12-37-13-10-30/h3-6,15-17,34H,7-14H2,1-2H3,(H,29,33)/t26-/m1/s1. The van der Waals surface area contributed by atoms with Gasteiger partial charge in [-0.2, -0.15) is 0 Å². The summed E-state index contributed by atoms with van der Waals surface area (Å²) in [5, 5.41) is 9.23. The van der Waals surface area contributed by atoms with Crippen LogP contribution in [-0.2, 0) is 25.9 Å². The molecule has 2 aromatic carbocycles. The largest absolute Gasteiger partial charge is 0.492 e. The highest BCUT2D eigenvalue weighted by Gasteiger charge is 2.43. The highest BCUT2D eigenvalue weighted by atomic mass is 32.2. The van der Waals surface area contributed by atoms with Crippen molar-refractivity contribution in [3.8, 4) is 16.9 Å². The van der Waals surface area contributed by atoms with Gasteiger partial charge in [0.2, 0.25) is 0 Å².